The quantitative estimate of drug-likeness (QED) is 0.283. The molecule has 198 valence electrons. The van der Waals surface area contributed by atoms with Gasteiger partial charge in [0.25, 0.3) is 0 Å². The Bertz CT molecular complexity index is 1030. The van der Waals surface area contributed by atoms with Crippen LogP contribution in [0.15, 0.2) is 60.0 Å². The minimum Gasteiger partial charge on any atom is -0.462 e. The van der Waals surface area contributed by atoms with Gasteiger partial charge in [-0.2, -0.15) is 5.09 Å². The van der Waals surface area contributed by atoms with Crippen LogP contribution in [0.4, 0.5) is 0 Å². The second-order valence-corrected chi connectivity index (χ2v) is 12.3. The summed E-state index contributed by atoms with van der Waals surface area (Å²) in [7, 11) is -4.06. The molecule has 0 aromatic heterocycles. The highest BCUT2D eigenvalue weighted by Crippen LogP contribution is 2.48. The highest BCUT2D eigenvalue weighted by Gasteiger charge is 2.41. The summed E-state index contributed by atoms with van der Waals surface area (Å²) in [5.74, 6) is 0.347. The van der Waals surface area contributed by atoms with Gasteiger partial charge in [0, 0.05) is 12.6 Å². The van der Waals surface area contributed by atoms with Crippen molar-refractivity contribution in [1.29, 1.82) is 0 Å². The smallest absolute Gasteiger partial charge is 0.459 e. The van der Waals surface area contributed by atoms with E-state index in [9.17, 15) is 14.5 Å². The van der Waals surface area contributed by atoms with Gasteiger partial charge in [-0.1, -0.05) is 38.6 Å². The molecule has 10 nitrogen and oxygen atoms in total. The van der Waals surface area contributed by atoms with E-state index in [-0.39, 0.29) is 24.0 Å². The summed E-state index contributed by atoms with van der Waals surface area (Å²) in [6.07, 6.45) is 2.79. The number of benzene rings is 1. The second-order valence-electron chi connectivity index (χ2n) is 9.14. The molecular weight excluding hydrogens is 503 g/mol. The van der Waals surface area contributed by atoms with Gasteiger partial charge in [-0.3, -0.25) is 9.32 Å². The van der Waals surface area contributed by atoms with Gasteiger partial charge in [-0.15, -0.1) is 11.8 Å². The SMILES string of the molecule is C=C1N=C(N)C=CN1[C@H]1C[C@@H](O)[C@@H](COP(=O)(N[C@H](C(=O)OC(C)C)C(C)C)Oc2ccccc2)S1. The van der Waals surface area contributed by atoms with Crippen molar-refractivity contribution in [2.24, 2.45) is 16.6 Å². The average Bonchev–Trinajstić information content (AvgIpc) is 3.16. The number of hydrogen-bond acceptors (Lipinski definition) is 10. The number of rotatable bonds is 11. The summed E-state index contributed by atoms with van der Waals surface area (Å²) < 4.78 is 30.8. The first kappa shape index (κ1) is 28.3. The zero-order chi connectivity index (χ0) is 26.5. The van der Waals surface area contributed by atoms with Gasteiger partial charge >= 0.3 is 13.7 Å². The number of thioether (sulfide) groups is 1. The van der Waals surface area contributed by atoms with Crippen molar-refractivity contribution in [2.75, 3.05) is 6.61 Å². The molecule has 1 aromatic carbocycles. The van der Waals surface area contributed by atoms with Crippen LogP contribution in [0.2, 0.25) is 0 Å². The summed E-state index contributed by atoms with van der Waals surface area (Å²) in [5.41, 5.74) is 5.72. The molecule has 0 amide bonds. The van der Waals surface area contributed by atoms with Crippen molar-refractivity contribution in [3.05, 3.63) is 55.0 Å². The maximum Gasteiger partial charge on any atom is 0.459 e. The molecule has 3 rings (SSSR count). The lowest BCUT2D eigenvalue weighted by atomic mass is 10.1. The van der Waals surface area contributed by atoms with E-state index in [1.165, 1.54) is 11.8 Å². The maximum absolute atomic E-state index is 13.9. The van der Waals surface area contributed by atoms with Crippen molar-refractivity contribution in [1.82, 2.24) is 9.99 Å². The molecule has 1 unspecified atom stereocenters. The van der Waals surface area contributed by atoms with Crippen LogP contribution in [0.5, 0.6) is 5.75 Å². The molecule has 2 aliphatic heterocycles. The molecule has 1 aromatic rings. The highest BCUT2D eigenvalue weighted by atomic mass is 32.2. The molecule has 4 N–H and O–H groups in total. The van der Waals surface area contributed by atoms with Crippen LogP contribution in [-0.4, -0.2) is 57.3 Å². The number of nitrogens with zero attached hydrogens (tertiary/aromatic N) is 2. The normalized spacial score (nSPS) is 24.5. The largest absolute Gasteiger partial charge is 0.462 e. The first-order valence-electron chi connectivity index (χ1n) is 11.8. The Balaban J connectivity index is 1.73. The Morgan fingerprint density at radius 3 is 2.64 bits per heavy atom. The van der Waals surface area contributed by atoms with Gasteiger partial charge in [0.15, 0.2) is 0 Å². The lowest BCUT2D eigenvalue weighted by Crippen LogP contribution is -2.42. The zero-order valence-corrected chi connectivity index (χ0v) is 22.7. The third-order valence-electron chi connectivity index (χ3n) is 5.42. The van der Waals surface area contributed by atoms with Crippen LogP contribution in [0.1, 0.15) is 34.1 Å². The number of nitrogens with one attached hydrogen (secondary N) is 1. The number of aliphatic hydroxyl groups is 1. The fourth-order valence-electron chi connectivity index (χ4n) is 3.62. The Kier molecular flexibility index (Phi) is 9.66. The van der Waals surface area contributed by atoms with E-state index >= 15 is 0 Å². The van der Waals surface area contributed by atoms with E-state index in [1.807, 2.05) is 18.7 Å². The molecule has 5 atom stereocenters. The van der Waals surface area contributed by atoms with Crippen molar-refractivity contribution in [2.45, 2.75) is 63.0 Å². The maximum atomic E-state index is 13.9. The number of amidine groups is 1. The van der Waals surface area contributed by atoms with Crippen LogP contribution < -0.4 is 15.3 Å². The number of nitrogens with two attached hydrogens (primary N) is 1. The van der Waals surface area contributed by atoms with Gasteiger partial charge in [0.2, 0.25) is 0 Å². The fourth-order valence-corrected chi connectivity index (χ4v) is 6.87. The zero-order valence-electron chi connectivity index (χ0n) is 20.9. The van der Waals surface area contributed by atoms with Crippen LogP contribution in [-0.2, 0) is 18.6 Å². The van der Waals surface area contributed by atoms with Gasteiger partial charge in [0.1, 0.15) is 23.4 Å². The number of carbonyl (C=O) groups is 1. The van der Waals surface area contributed by atoms with E-state index in [1.54, 1.807) is 56.5 Å². The van der Waals surface area contributed by atoms with Gasteiger partial charge in [0.05, 0.1) is 29.4 Å². The summed E-state index contributed by atoms with van der Waals surface area (Å²) in [4.78, 5) is 18.7. The third kappa shape index (κ3) is 7.60. The van der Waals surface area contributed by atoms with Crippen molar-refractivity contribution in [3.63, 3.8) is 0 Å². The lowest BCUT2D eigenvalue weighted by Gasteiger charge is -2.29. The molecule has 1 saturated heterocycles. The van der Waals surface area contributed by atoms with Crippen molar-refractivity contribution < 1.29 is 28.3 Å². The molecule has 36 heavy (non-hydrogen) atoms. The third-order valence-corrected chi connectivity index (χ3v) is 8.49. The van der Waals surface area contributed by atoms with E-state index in [0.717, 1.165) is 0 Å². The second kappa shape index (κ2) is 12.3. The summed E-state index contributed by atoms with van der Waals surface area (Å²) in [5, 5.41) is 12.9. The summed E-state index contributed by atoms with van der Waals surface area (Å²) in [6, 6.07) is 7.63. The molecule has 2 heterocycles. The van der Waals surface area contributed by atoms with E-state index in [2.05, 4.69) is 16.7 Å². The van der Waals surface area contributed by atoms with E-state index in [0.29, 0.717) is 23.8 Å². The minimum absolute atomic E-state index is 0.0844. The Morgan fingerprint density at radius 1 is 1.33 bits per heavy atom. The van der Waals surface area contributed by atoms with E-state index < -0.39 is 31.1 Å². The fraction of sp³-hybridized carbons (Fsp3) is 0.500. The Labute approximate surface area is 216 Å². The Hall–Kier alpha value is -2.30. The number of para-hydroxylation sites is 1. The van der Waals surface area contributed by atoms with Crippen LogP contribution in [0, 0.1) is 5.92 Å². The number of esters is 1. The molecule has 0 radical (unpaired) electrons. The van der Waals surface area contributed by atoms with Gasteiger partial charge < -0.3 is 25.0 Å². The predicted octanol–water partition coefficient (Wildman–Crippen LogP) is 3.61. The molecule has 0 bridgehead atoms. The monoisotopic (exact) mass is 538 g/mol. The average molecular weight is 539 g/mol. The molecule has 0 aliphatic carbocycles. The molecule has 0 saturated carbocycles. The highest BCUT2D eigenvalue weighted by molar-refractivity contribution is 8.00. The van der Waals surface area contributed by atoms with Crippen LogP contribution >= 0.6 is 19.5 Å². The van der Waals surface area contributed by atoms with Crippen LogP contribution in [0.25, 0.3) is 0 Å². The molecule has 12 heteroatoms. The molecule has 0 spiro atoms. The van der Waals surface area contributed by atoms with Gasteiger partial charge in [-0.05, 0) is 38.0 Å². The number of aliphatic hydroxyl groups excluding tert-OH is 1. The predicted molar refractivity (Wildman–Crippen MR) is 141 cm³/mol. The van der Waals surface area contributed by atoms with Crippen LogP contribution in [0.3, 0.4) is 0 Å². The Morgan fingerprint density at radius 2 is 2.03 bits per heavy atom. The van der Waals surface area contributed by atoms with Gasteiger partial charge in [-0.25, -0.2) is 9.56 Å². The number of aliphatic imine (C=N–C) groups is 1. The van der Waals surface area contributed by atoms with E-state index in [4.69, 9.17) is 19.5 Å². The lowest BCUT2D eigenvalue weighted by molar-refractivity contribution is -0.150. The topological polar surface area (TPSA) is 136 Å². The standard InChI is InChI=1S/C24H35N4O6PS/c1-15(2)23(24(30)33-16(3)4)27-35(31,34-18-9-7-6-8-10-18)32-14-20-19(29)13-22(36-20)28-12-11-21(25)26-17(28)5/h6-12,15-16,19-20,22-23,29H,5,13-14H2,1-4H3,(H2,25,26)(H,27,31)/t19-,20-,22-,23+,35?/m1/s1. The number of ether oxygens (including phenoxy) is 1. The van der Waals surface area contributed by atoms with Crippen molar-refractivity contribution >= 4 is 31.3 Å². The molecular formula is C24H35N4O6PS. The summed E-state index contributed by atoms with van der Waals surface area (Å²) in [6.45, 7) is 10.9. The number of hydrogen-bond donors (Lipinski definition) is 3. The molecule has 2 aliphatic rings. The molecule has 1 fully saturated rings. The van der Waals surface area contributed by atoms with Crippen molar-refractivity contribution in [3.8, 4) is 5.75 Å². The minimum atomic E-state index is -4.06. The first-order valence-corrected chi connectivity index (χ1v) is 14.3. The first-order chi connectivity index (χ1) is 17.0. The summed E-state index contributed by atoms with van der Waals surface area (Å²) >= 11 is 1.45. The number of carbonyl (C=O) groups excluding carboxylic acids is 1.